The molecule has 0 saturated heterocycles. The van der Waals surface area contributed by atoms with Crippen LogP contribution in [-0.4, -0.2) is 44.0 Å². The number of carbonyl (C=O) groups is 1. The molecular weight excluding hydrogens is 316 g/mol. The van der Waals surface area contributed by atoms with Crippen LogP contribution in [0.3, 0.4) is 0 Å². The summed E-state index contributed by atoms with van der Waals surface area (Å²) in [5, 5.41) is 14.6. The zero-order chi connectivity index (χ0) is 18.4. The molecule has 0 aliphatic heterocycles. The first-order valence-electron chi connectivity index (χ1n) is 10.5. The SMILES string of the molecule is CCCCCCCCCCCOC(=O)NCCCCCCNCCO. The Kier molecular flexibility index (Phi) is 20.5. The van der Waals surface area contributed by atoms with E-state index in [1.165, 1.54) is 44.9 Å². The molecular formula is C20H42N2O3. The van der Waals surface area contributed by atoms with Crippen LogP contribution in [0.4, 0.5) is 4.79 Å². The topological polar surface area (TPSA) is 70.6 Å². The Morgan fingerprint density at radius 1 is 0.760 bits per heavy atom. The summed E-state index contributed by atoms with van der Waals surface area (Å²) in [7, 11) is 0. The molecule has 0 unspecified atom stereocenters. The molecule has 0 aromatic rings. The molecule has 0 saturated carbocycles. The van der Waals surface area contributed by atoms with Gasteiger partial charge in [0.25, 0.3) is 0 Å². The summed E-state index contributed by atoms with van der Waals surface area (Å²) in [6.07, 6.45) is 15.6. The average Bonchev–Trinajstić information content (AvgIpc) is 2.62. The van der Waals surface area contributed by atoms with Gasteiger partial charge in [-0.25, -0.2) is 4.79 Å². The predicted octanol–water partition coefficient (Wildman–Crippen LogP) is 4.39. The molecule has 0 rings (SSSR count). The summed E-state index contributed by atoms with van der Waals surface area (Å²) < 4.78 is 5.19. The van der Waals surface area contributed by atoms with E-state index in [1.807, 2.05) is 0 Å². The summed E-state index contributed by atoms with van der Waals surface area (Å²) in [4.78, 5) is 11.5. The van der Waals surface area contributed by atoms with E-state index in [9.17, 15) is 4.79 Å². The van der Waals surface area contributed by atoms with Gasteiger partial charge in [-0.1, -0.05) is 71.1 Å². The van der Waals surface area contributed by atoms with Crippen molar-refractivity contribution in [2.24, 2.45) is 0 Å². The lowest BCUT2D eigenvalue weighted by Gasteiger charge is -2.07. The minimum absolute atomic E-state index is 0.199. The zero-order valence-corrected chi connectivity index (χ0v) is 16.5. The number of amides is 1. The molecule has 25 heavy (non-hydrogen) atoms. The largest absolute Gasteiger partial charge is 0.450 e. The van der Waals surface area contributed by atoms with Crippen LogP contribution < -0.4 is 10.6 Å². The summed E-state index contributed by atoms with van der Waals surface area (Å²) in [6.45, 7) is 5.31. The third kappa shape index (κ3) is 21.1. The zero-order valence-electron chi connectivity index (χ0n) is 16.5. The highest BCUT2D eigenvalue weighted by Gasteiger charge is 2.00. The Hall–Kier alpha value is -0.810. The predicted molar refractivity (Wildman–Crippen MR) is 105 cm³/mol. The van der Waals surface area contributed by atoms with Crippen molar-refractivity contribution >= 4 is 6.09 Å². The van der Waals surface area contributed by atoms with Gasteiger partial charge in [-0.3, -0.25) is 0 Å². The van der Waals surface area contributed by atoms with Crippen LogP contribution in [0.15, 0.2) is 0 Å². The van der Waals surface area contributed by atoms with Crippen LogP contribution in [0, 0.1) is 0 Å². The van der Waals surface area contributed by atoms with Crippen molar-refractivity contribution in [1.82, 2.24) is 10.6 Å². The van der Waals surface area contributed by atoms with Crippen molar-refractivity contribution in [2.75, 3.05) is 32.8 Å². The minimum Gasteiger partial charge on any atom is -0.450 e. The fourth-order valence-corrected chi connectivity index (χ4v) is 2.75. The second-order valence-corrected chi connectivity index (χ2v) is 6.78. The third-order valence-electron chi connectivity index (χ3n) is 4.32. The van der Waals surface area contributed by atoms with Gasteiger partial charge < -0.3 is 20.5 Å². The molecule has 0 bridgehead atoms. The maximum Gasteiger partial charge on any atom is 0.407 e. The lowest BCUT2D eigenvalue weighted by atomic mass is 10.1. The number of unbranched alkanes of at least 4 members (excludes halogenated alkanes) is 11. The quantitative estimate of drug-likeness (QED) is 0.300. The molecule has 0 aromatic heterocycles. The number of nitrogens with one attached hydrogen (secondary N) is 2. The maximum atomic E-state index is 11.5. The van der Waals surface area contributed by atoms with Gasteiger partial charge in [0.2, 0.25) is 0 Å². The molecule has 3 N–H and O–H groups in total. The first kappa shape index (κ1) is 24.2. The van der Waals surface area contributed by atoms with Gasteiger partial charge in [-0.2, -0.15) is 0 Å². The van der Waals surface area contributed by atoms with Crippen LogP contribution in [0.1, 0.15) is 90.4 Å². The van der Waals surface area contributed by atoms with Crippen LogP contribution in [-0.2, 0) is 4.74 Å². The molecule has 0 heterocycles. The molecule has 150 valence electrons. The van der Waals surface area contributed by atoms with Crippen LogP contribution in [0.25, 0.3) is 0 Å². The van der Waals surface area contributed by atoms with Crippen molar-refractivity contribution in [3.05, 3.63) is 0 Å². The van der Waals surface area contributed by atoms with E-state index in [4.69, 9.17) is 9.84 Å². The number of carbonyl (C=O) groups excluding carboxylic acids is 1. The number of hydrogen-bond acceptors (Lipinski definition) is 4. The Labute approximate surface area is 155 Å². The van der Waals surface area contributed by atoms with E-state index in [0.29, 0.717) is 19.7 Å². The van der Waals surface area contributed by atoms with Gasteiger partial charge in [0.1, 0.15) is 0 Å². The second kappa shape index (κ2) is 21.2. The van der Waals surface area contributed by atoms with Gasteiger partial charge in [0.15, 0.2) is 0 Å². The molecule has 0 spiro atoms. The van der Waals surface area contributed by atoms with E-state index >= 15 is 0 Å². The molecule has 0 radical (unpaired) electrons. The lowest BCUT2D eigenvalue weighted by Crippen LogP contribution is -2.25. The average molecular weight is 359 g/mol. The first-order chi connectivity index (χ1) is 12.3. The Bertz CT molecular complexity index is 276. The minimum atomic E-state index is -0.274. The molecule has 5 heteroatoms. The molecule has 1 amide bonds. The van der Waals surface area contributed by atoms with E-state index in [-0.39, 0.29) is 12.7 Å². The van der Waals surface area contributed by atoms with Crippen LogP contribution in [0.2, 0.25) is 0 Å². The Balaban J connectivity index is 3.13. The van der Waals surface area contributed by atoms with E-state index < -0.39 is 0 Å². The van der Waals surface area contributed by atoms with Crippen molar-refractivity contribution in [2.45, 2.75) is 90.4 Å². The first-order valence-corrected chi connectivity index (χ1v) is 10.5. The normalized spacial score (nSPS) is 10.8. The molecule has 0 aliphatic carbocycles. The second-order valence-electron chi connectivity index (χ2n) is 6.78. The fraction of sp³-hybridized carbons (Fsp3) is 0.950. The Morgan fingerprint density at radius 3 is 1.96 bits per heavy atom. The van der Waals surface area contributed by atoms with Gasteiger partial charge in [-0.15, -0.1) is 0 Å². The van der Waals surface area contributed by atoms with Crippen LogP contribution in [0.5, 0.6) is 0 Å². The molecule has 0 aromatic carbocycles. The van der Waals surface area contributed by atoms with E-state index in [0.717, 1.165) is 45.1 Å². The van der Waals surface area contributed by atoms with E-state index in [1.54, 1.807) is 0 Å². The highest BCUT2D eigenvalue weighted by Crippen LogP contribution is 2.09. The monoisotopic (exact) mass is 358 g/mol. The molecule has 0 aliphatic rings. The van der Waals surface area contributed by atoms with Gasteiger partial charge in [0, 0.05) is 13.1 Å². The number of aliphatic hydroxyl groups excluding tert-OH is 1. The smallest absolute Gasteiger partial charge is 0.407 e. The summed E-state index contributed by atoms with van der Waals surface area (Å²) in [6, 6.07) is 0. The third-order valence-corrected chi connectivity index (χ3v) is 4.32. The number of aliphatic hydroxyl groups is 1. The number of ether oxygens (including phenoxy) is 1. The van der Waals surface area contributed by atoms with Gasteiger partial charge >= 0.3 is 6.09 Å². The highest BCUT2D eigenvalue weighted by atomic mass is 16.5. The van der Waals surface area contributed by atoms with Crippen molar-refractivity contribution in [3.8, 4) is 0 Å². The molecule has 5 nitrogen and oxygen atoms in total. The van der Waals surface area contributed by atoms with Crippen molar-refractivity contribution < 1.29 is 14.6 Å². The molecule has 0 fully saturated rings. The number of hydrogen-bond donors (Lipinski definition) is 3. The number of rotatable bonds is 19. The lowest BCUT2D eigenvalue weighted by molar-refractivity contribution is 0.143. The fourth-order valence-electron chi connectivity index (χ4n) is 2.75. The standard InChI is InChI=1S/C20H42N2O3/c1-2-3-4-5-6-7-8-11-14-19-25-20(24)22-16-13-10-9-12-15-21-17-18-23/h21,23H,2-19H2,1H3,(H,22,24). The highest BCUT2D eigenvalue weighted by molar-refractivity contribution is 5.66. The van der Waals surface area contributed by atoms with Gasteiger partial charge in [0.05, 0.1) is 13.2 Å². The summed E-state index contributed by atoms with van der Waals surface area (Å²) in [5.41, 5.74) is 0. The van der Waals surface area contributed by atoms with Crippen molar-refractivity contribution in [3.63, 3.8) is 0 Å². The summed E-state index contributed by atoms with van der Waals surface area (Å²) in [5.74, 6) is 0. The van der Waals surface area contributed by atoms with E-state index in [2.05, 4.69) is 17.6 Å². The molecule has 0 atom stereocenters. The van der Waals surface area contributed by atoms with Crippen LogP contribution >= 0.6 is 0 Å². The Morgan fingerprint density at radius 2 is 1.32 bits per heavy atom. The maximum absolute atomic E-state index is 11.5. The summed E-state index contributed by atoms with van der Waals surface area (Å²) >= 11 is 0. The van der Waals surface area contributed by atoms with Crippen molar-refractivity contribution in [1.29, 1.82) is 0 Å². The van der Waals surface area contributed by atoms with Gasteiger partial charge in [-0.05, 0) is 25.8 Å². The number of alkyl carbamates (subject to hydrolysis) is 1.